The van der Waals surface area contributed by atoms with E-state index in [0.717, 1.165) is 43.4 Å². The molecule has 0 saturated heterocycles. The Bertz CT molecular complexity index is 951. The number of para-hydroxylation sites is 1. The Kier molecular flexibility index (Phi) is 5.57. The summed E-state index contributed by atoms with van der Waals surface area (Å²) in [7, 11) is 1.29. The number of rotatable bonds is 4. The standard InChI is InChI=1S/C24H26N2O4/c1-30-20(27)16-25-22(28)21-18-12-6-7-13-19(18)23(29)26(17-10-4-2-5-11-17)24(21)14-8-3-9-15-24/h2,4-7,10-13,21H,3,8-9,14-16H2,1H3,(H,25,28)/t21-/m0/s1. The molecule has 1 aliphatic heterocycles. The molecule has 2 aliphatic rings. The van der Waals surface area contributed by atoms with Gasteiger partial charge in [0.25, 0.3) is 5.91 Å². The van der Waals surface area contributed by atoms with Crippen molar-refractivity contribution in [2.75, 3.05) is 18.6 Å². The van der Waals surface area contributed by atoms with Crippen molar-refractivity contribution in [3.8, 4) is 0 Å². The number of esters is 1. The van der Waals surface area contributed by atoms with Gasteiger partial charge in [0.1, 0.15) is 6.54 Å². The fraction of sp³-hybridized carbons (Fsp3) is 0.375. The minimum atomic E-state index is -0.661. The van der Waals surface area contributed by atoms with E-state index in [1.807, 2.05) is 53.4 Å². The lowest BCUT2D eigenvalue weighted by Crippen LogP contribution is -2.63. The molecule has 30 heavy (non-hydrogen) atoms. The van der Waals surface area contributed by atoms with E-state index in [1.54, 1.807) is 6.07 Å². The number of methoxy groups -OCH3 is 1. The van der Waals surface area contributed by atoms with E-state index in [1.165, 1.54) is 7.11 Å². The lowest BCUT2D eigenvalue weighted by Gasteiger charge is -2.53. The van der Waals surface area contributed by atoms with Crippen molar-refractivity contribution in [1.82, 2.24) is 5.32 Å². The molecule has 1 heterocycles. The number of hydrogen-bond acceptors (Lipinski definition) is 4. The number of fused-ring (bicyclic) bond motifs is 1. The number of carbonyl (C=O) groups is 3. The summed E-state index contributed by atoms with van der Waals surface area (Å²) in [4.78, 5) is 40.7. The van der Waals surface area contributed by atoms with Crippen LogP contribution in [0.3, 0.4) is 0 Å². The van der Waals surface area contributed by atoms with Gasteiger partial charge in [-0.1, -0.05) is 55.7 Å². The summed E-state index contributed by atoms with van der Waals surface area (Å²) in [6.07, 6.45) is 4.44. The van der Waals surface area contributed by atoms with Crippen LogP contribution in [-0.2, 0) is 14.3 Å². The Labute approximate surface area is 176 Å². The summed E-state index contributed by atoms with van der Waals surface area (Å²) in [5.74, 6) is -1.38. The highest BCUT2D eigenvalue weighted by molar-refractivity contribution is 6.12. The number of nitrogens with one attached hydrogen (secondary N) is 1. The van der Waals surface area contributed by atoms with Crippen molar-refractivity contribution in [2.24, 2.45) is 0 Å². The molecule has 0 unspecified atom stereocenters. The molecule has 156 valence electrons. The topological polar surface area (TPSA) is 75.7 Å². The fourth-order valence-electron chi connectivity index (χ4n) is 5.03. The summed E-state index contributed by atoms with van der Waals surface area (Å²) >= 11 is 0. The van der Waals surface area contributed by atoms with Gasteiger partial charge in [-0.3, -0.25) is 14.4 Å². The highest BCUT2D eigenvalue weighted by Crippen LogP contribution is 2.50. The number of nitrogens with zero attached hydrogens (tertiary/aromatic N) is 1. The quantitative estimate of drug-likeness (QED) is 0.790. The van der Waals surface area contributed by atoms with E-state index >= 15 is 0 Å². The van der Waals surface area contributed by atoms with Gasteiger partial charge in [-0.15, -0.1) is 0 Å². The summed E-state index contributed by atoms with van der Waals surface area (Å²) < 4.78 is 4.68. The normalized spacial score (nSPS) is 19.8. The molecule has 1 N–H and O–H groups in total. The van der Waals surface area contributed by atoms with E-state index in [0.29, 0.717) is 5.56 Å². The first kappa shape index (κ1) is 20.1. The molecule has 0 radical (unpaired) electrons. The summed E-state index contributed by atoms with van der Waals surface area (Å²) in [5.41, 5.74) is 1.41. The molecular weight excluding hydrogens is 380 g/mol. The van der Waals surface area contributed by atoms with E-state index < -0.39 is 17.4 Å². The fourth-order valence-corrected chi connectivity index (χ4v) is 5.03. The van der Waals surface area contributed by atoms with Gasteiger partial charge in [0, 0.05) is 11.3 Å². The number of benzene rings is 2. The van der Waals surface area contributed by atoms with Crippen LogP contribution in [0.2, 0.25) is 0 Å². The highest BCUT2D eigenvalue weighted by Gasteiger charge is 2.55. The predicted molar refractivity (Wildman–Crippen MR) is 113 cm³/mol. The van der Waals surface area contributed by atoms with Gasteiger partial charge in [0.15, 0.2) is 0 Å². The molecule has 2 amide bonds. The maximum absolute atomic E-state index is 13.7. The number of carbonyl (C=O) groups excluding carboxylic acids is 3. The minimum absolute atomic E-state index is 0.0734. The van der Waals surface area contributed by atoms with Gasteiger partial charge in [-0.2, -0.15) is 0 Å². The molecule has 2 aromatic rings. The third kappa shape index (κ3) is 3.36. The van der Waals surface area contributed by atoms with Crippen LogP contribution < -0.4 is 10.2 Å². The van der Waals surface area contributed by atoms with Crippen LogP contribution in [-0.4, -0.2) is 37.0 Å². The lowest BCUT2D eigenvalue weighted by molar-refractivity contribution is -0.141. The molecule has 1 fully saturated rings. The Morgan fingerprint density at radius 1 is 1.03 bits per heavy atom. The minimum Gasteiger partial charge on any atom is -0.468 e. The van der Waals surface area contributed by atoms with Crippen LogP contribution in [0.25, 0.3) is 0 Å². The van der Waals surface area contributed by atoms with Crippen LogP contribution in [0.15, 0.2) is 54.6 Å². The SMILES string of the molecule is COC(=O)CNC(=O)[C@@H]1c2ccccc2C(=O)N(c2ccccc2)C12CCCCC2. The zero-order valence-corrected chi connectivity index (χ0v) is 17.1. The van der Waals surface area contributed by atoms with E-state index in [2.05, 4.69) is 10.1 Å². The number of anilines is 1. The molecule has 6 heteroatoms. The van der Waals surface area contributed by atoms with Gasteiger partial charge in [0.05, 0.1) is 18.6 Å². The molecule has 0 bridgehead atoms. The first-order chi connectivity index (χ1) is 14.6. The van der Waals surface area contributed by atoms with Gasteiger partial charge in [-0.25, -0.2) is 0 Å². The summed E-state index contributed by atoms with van der Waals surface area (Å²) in [6, 6.07) is 16.9. The average molecular weight is 406 g/mol. The second-order valence-electron chi connectivity index (χ2n) is 7.95. The van der Waals surface area contributed by atoms with Crippen LogP contribution in [0, 0.1) is 0 Å². The second kappa shape index (κ2) is 8.30. The molecular formula is C24H26N2O4. The first-order valence-electron chi connectivity index (χ1n) is 10.4. The van der Waals surface area contributed by atoms with Gasteiger partial charge >= 0.3 is 5.97 Å². The number of amides is 2. The average Bonchev–Trinajstić information content (AvgIpc) is 2.79. The molecule has 1 atom stereocenters. The largest absolute Gasteiger partial charge is 0.468 e. The first-order valence-corrected chi connectivity index (χ1v) is 10.4. The zero-order valence-electron chi connectivity index (χ0n) is 17.1. The third-order valence-electron chi connectivity index (χ3n) is 6.32. The smallest absolute Gasteiger partial charge is 0.325 e. The molecule has 1 saturated carbocycles. The Balaban J connectivity index is 1.86. The molecule has 4 rings (SSSR count). The molecule has 1 aliphatic carbocycles. The predicted octanol–water partition coefficient (Wildman–Crippen LogP) is 3.42. The zero-order chi connectivity index (χ0) is 21.1. The Morgan fingerprint density at radius 2 is 1.70 bits per heavy atom. The summed E-state index contributed by atoms with van der Waals surface area (Å²) in [6.45, 7) is -0.191. The second-order valence-corrected chi connectivity index (χ2v) is 7.95. The molecule has 0 aromatic heterocycles. The van der Waals surface area contributed by atoms with E-state index in [9.17, 15) is 14.4 Å². The van der Waals surface area contributed by atoms with Crippen LogP contribution >= 0.6 is 0 Å². The van der Waals surface area contributed by atoms with Gasteiger partial charge in [-0.05, 0) is 36.6 Å². The molecule has 6 nitrogen and oxygen atoms in total. The third-order valence-corrected chi connectivity index (χ3v) is 6.32. The van der Waals surface area contributed by atoms with E-state index in [4.69, 9.17) is 0 Å². The monoisotopic (exact) mass is 406 g/mol. The van der Waals surface area contributed by atoms with E-state index in [-0.39, 0.29) is 18.4 Å². The van der Waals surface area contributed by atoms with Gasteiger partial charge < -0.3 is 15.0 Å². The van der Waals surface area contributed by atoms with Crippen molar-refractivity contribution in [3.05, 3.63) is 65.7 Å². The van der Waals surface area contributed by atoms with Crippen LogP contribution in [0.5, 0.6) is 0 Å². The molecule has 1 spiro atoms. The Hall–Kier alpha value is -3.15. The van der Waals surface area contributed by atoms with Crippen LogP contribution in [0.1, 0.15) is 53.9 Å². The lowest BCUT2D eigenvalue weighted by atomic mass is 9.65. The van der Waals surface area contributed by atoms with Crippen molar-refractivity contribution < 1.29 is 19.1 Å². The highest BCUT2D eigenvalue weighted by atomic mass is 16.5. The van der Waals surface area contributed by atoms with Crippen molar-refractivity contribution >= 4 is 23.5 Å². The number of ether oxygens (including phenoxy) is 1. The maximum Gasteiger partial charge on any atom is 0.325 e. The summed E-state index contributed by atoms with van der Waals surface area (Å²) in [5, 5.41) is 2.75. The number of hydrogen-bond donors (Lipinski definition) is 1. The van der Waals surface area contributed by atoms with Crippen molar-refractivity contribution in [1.29, 1.82) is 0 Å². The van der Waals surface area contributed by atoms with Gasteiger partial charge in [0.2, 0.25) is 5.91 Å². The Morgan fingerprint density at radius 3 is 2.40 bits per heavy atom. The molecule has 2 aromatic carbocycles. The van der Waals surface area contributed by atoms with Crippen molar-refractivity contribution in [3.63, 3.8) is 0 Å². The van der Waals surface area contributed by atoms with Crippen LogP contribution in [0.4, 0.5) is 5.69 Å². The maximum atomic E-state index is 13.7. The van der Waals surface area contributed by atoms with Crippen molar-refractivity contribution in [2.45, 2.75) is 43.6 Å².